The summed E-state index contributed by atoms with van der Waals surface area (Å²) in [7, 11) is 0. The fraction of sp³-hybridized carbons (Fsp3) is 0.133. The van der Waals surface area contributed by atoms with E-state index in [4.69, 9.17) is 16.7 Å². The SMILES string of the molecule is O=C(O)CCNc1nc(Cl)nc2c(-c3ccccc3)csc12. The summed E-state index contributed by atoms with van der Waals surface area (Å²) < 4.78 is 0.869. The number of carboxylic acid groups (broad SMARTS) is 1. The van der Waals surface area contributed by atoms with Crippen molar-refractivity contribution < 1.29 is 9.90 Å². The number of hydrogen-bond acceptors (Lipinski definition) is 5. The van der Waals surface area contributed by atoms with E-state index in [1.54, 1.807) is 0 Å². The number of anilines is 1. The topological polar surface area (TPSA) is 75.1 Å². The predicted octanol–water partition coefficient (Wildman–Crippen LogP) is 3.90. The highest BCUT2D eigenvalue weighted by molar-refractivity contribution is 7.18. The highest BCUT2D eigenvalue weighted by Gasteiger charge is 2.14. The van der Waals surface area contributed by atoms with Crippen LogP contribution in [0, 0.1) is 0 Å². The van der Waals surface area contributed by atoms with E-state index in [1.807, 2.05) is 35.7 Å². The summed E-state index contributed by atoms with van der Waals surface area (Å²) in [5, 5.41) is 13.9. The van der Waals surface area contributed by atoms with Crippen molar-refractivity contribution in [3.8, 4) is 11.1 Å². The van der Waals surface area contributed by atoms with Crippen molar-refractivity contribution in [1.29, 1.82) is 0 Å². The molecule has 0 aliphatic heterocycles. The summed E-state index contributed by atoms with van der Waals surface area (Å²) in [6.07, 6.45) is 0.0139. The second-order valence-electron chi connectivity index (χ2n) is 4.60. The number of aliphatic carboxylic acids is 1. The quantitative estimate of drug-likeness (QED) is 0.693. The van der Waals surface area contributed by atoms with Gasteiger partial charge in [0.25, 0.3) is 0 Å². The first kappa shape index (κ1) is 14.7. The third-order valence-electron chi connectivity index (χ3n) is 3.10. The molecule has 0 saturated heterocycles. The van der Waals surface area contributed by atoms with Crippen LogP contribution in [0.1, 0.15) is 6.42 Å². The molecular weight excluding hydrogens is 322 g/mol. The van der Waals surface area contributed by atoms with E-state index in [0.29, 0.717) is 5.82 Å². The summed E-state index contributed by atoms with van der Waals surface area (Å²) in [5.74, 6) is -0.288. The lowest BCUT2D eigenvalue weighted by molar-refractivity contribution is -0.136. The van der Waals surface area contributed by atoms with Gasteiger partial charge in [0, 0.05) is 17.5 Å². The zero-order valence-electron chi connectivity index (χ0n) is 11.4. The van der Waals surface area contributed by atoms with Gasteiger partial charge in [-0.05, 0) is 17.2 Å². The van der Waals surface area contributed by atoms with E-state index in [9.17, 15) is 4.79 Å². The van der Waals surface area contributed by atoms with Crippen LogP contribution < -0.4 is 5.32 Å². The monoisotopic (exact) mass is 333 g/mol. The van der Waals surface area contributed by atoms with Gasteiger partial charge in [-0.2, -0.15) is 4.98 Å². The summed E-state index contributed by atoms with van der Waals surface area (Å²) >= 11 is 7.52. The number of nitrogens with one attached hydrogen (secondary N) is 1. The van der Waals surface area contributed by atoms with Gasteiger partial charge in [0.1, 0.15) is 5.82 Å². The van der Waals surface area contributed by atoms with Crippen molar-refractivity contribution >= 4 is 44.9 Å². The molecule has 7 heteroatoms. The standard InChI is InChI=1S/C15H12ClN3O2S/c16-15-18-12-10(9-4-2-1-3-5-9)8-22-13(12)14(19-15)17-7-6-11(20)21/h1-5,8H,6-7H2,(H,20,21)(H,17,18,19). The molecule has 5 nitrogen and oxygen atoms in total. The molecular formula is C15H12ClN3O2S. The number of benzene rings is 1. The van der Waals surface area contributed by atoms with Gasteiger partial charge in [0.2, 0.25) is 5.28 Å². The minimum Gasteiger partial charge on any atom is -0.481 e. The third-order valence-corrected chi connectivity index (χ3v) is 4.25. The first-order valence-corrected chi connectivity index (χ1v) is 7.87. The number of rotatable bonds is 5. The largest absolute Gasteiger partial charge is 0.481 e. The molecule has 0 spiro atoms. The molecule has 0 aliphatic rings. The molecule has 2 aromatic heterocycles. The van der Waals surface area contributed by atoms with Gasteiger partial charge in [-0.1, -0.05) is 30.3 Å². The van der Waals surface area contributed by atoms with Crippen molar-refractivity contribution in [2.24, 2.45) is 0 Å². The summed E-state index contributed by atoms with van der Waals surface area (Å²) in [6.45, 7) is 0.288. The molecule has 2 N–H and O–H groups in total. The van der Waals surface area contributed by atoms with Gasteiger partial charge >= 0.3 is 5.97 Å². The third kappa shape index (κ3) is 3.03. The first-order valence-electron chi connectivity index (χ1n) is 6.61. The lowest BCUT2D eigenvalue weighted by atomic mass is 10.1. The number of nitrogens with zero attached hydrogens (tertiary/aromatic N) is 2. The van der Waals surface area contributed by atoms with Gasteiger partial charge < -0.3 is 10.4 Å². The Balaban J connectivity index is 2.01. The lowest BCUT2D eigenvalue weighted by Crippen LogP contribution is -2.09. The van der Waals surface area contributed by atoms with E-state index >= 15 is 0 Å². The lowest BCUT2D eigenvalue weighted by Gasteiger charge is -2.06. The van der Waals surface area contributed by atoms with Crippen molar-refractivity contribution in [2.75, 3.05) is 11.9 Å². The van der Waals surface area contributed by atoms with Crippen LogP contribution in [-0.4, -0.2) is 27.6 Å². The summed E-state index contributed by atoms with van der Waals surface area (Å²) in [5.41, 5.74) is 2.82. The number of thiophene rings is 1. The van der Waals surface area contributed by atoms with Crippen LogP contribution >= 0.6 is 22.9 Å². The first-order chi connectivity index (χ1) is 10.6. The van der Waals surface area contributed by atoms with Crippen molar-refractivity contribution in [3.05, 3.63) is 41.0 Å². The van der Waals surface area contributed by atoms with E-state index in [1.165, 1.54) is 11.3 Å². The normalized spacial score (nSPS) is 10.8. The van der Waals surface area contributed by atoms with Crippen molar-refractivity contribution in [2.45, 2.75) is 6.42 Å². The second-order valence-corrected chi connectivity index (χ2v) is 5.82. The Labute approximate surface area is 135 Å². The van der Waals surface area contributed by atoms with Crippen molar-refractivity contribution in [1.82, 2.24) is 9.97 Å². The zero-order valence-corrected chi connectivity index (χ0v) is 13.0. The molecule has 1 aromatic carbocycles. The van der Waals surface area contributed by atoms with E-state index in [2.05, 4.69) is 15.3 Å². The maximum atomic E-state index is 10.6. The molecule has 3 rings (SSSR count). The smallest absolute Gasteiger partial charge is 0.305 e. The van der Waals surface area contributed by atoms with Crippen LogP contribution in [0.2, 0.25) is 5.28 Å². The van der Waals surface area contributed by atoms with Gasteiger partial charge in [-0.25, -0.2) is 4.98 Å². The summed E-state index contributed by atoms with van der Waals surface area (Å²) in [4.78, 5) is 19.1. The Hall–Kier alpha value is -2.18. The van der Waals surface area contributed by atoms with Crippen LogP contribution in [0.15, 0.2) is 35.7 Å². The Morgan fingerprint density at radius 1 is 1.27 bits per heavy atom. The van der Waals surface area contributed by atoms with E-state index in [0.717, 1.165) is 21.3 Å². The molecule has 0 atom stereocenters. The van der Waals surface area contributed by atoms with Gasteiger partial charge in [-0.3, -0.25) is 4.79 Å². The maximum absolute atomic E-state index is 10.6. The Morgan fingerprint density at radius 3 is 2.77 bits per heavy atom. The summed E-state index contributed by atoms with van der Waals surface area (Å²) in [6, 6.07) is 9.91. The van der Waals surface area contributed by atoms with Gasteiger partial charge in [0.05, 0.1) is 16.6 Å². The molecule has 0 radical (unpaired) electrons. The number of fused-ring (bicyclic) bond motifs is 1. The second kappa shape index (κ2) is 6.29. The minimum atomic E-state index is -0.861. The zero-order chi connectivity index (χ0) is 15.5. The average Bonchev–Trinajstić information content (AvgIpc) is 2.91. The fourth-order valence-corrected chi connectivity index (χ4v) is 3.27. The molecule has 0 amide bonds. The van der Waals surface area contributed by atoms with E-state index in [-0.39, 0.29) is 18.2 Å². The van der Waals surface area contributed by atoms with Gasteiger partial charge in [-0.15, -0.1) is 11.3 Å². The minimum absolute atomic E-state index is 0.0139. The number of halogens is 1. The number of hydrogen-bond donors (Lipinski definition) is 2. The van der Waals surface area contributed by atoms with Crippen LogP contribution in [0.3, 0.4) is 0 Å². The van der Waals surface area contributed by atoms with Crippen LogP contribution in [0.5, 0.6) is 0 Å². The van der Waals surface area contributed by atoms with Gasteiger partial charge in [0.15, 0.2) is 0 Å². The Morgan fingerprint density at radius 2 is 2.05 bits per heavy atom. The van der Waals surface area contributed by atoms with E-state index < -0.39 is 5.97 Å². The molecule has 3 aromatic rings. The molecule has 0 bridgehead atoms. The van der Waals surface area contributed by atoms with Crippen LogP contribution in [-0.2, 0) is 4.79 Å². The molecule has 0 saturated carbocycles. The molecule has 2 heterocycles. The maximum Gasteiger partial charge on any atom is 0.305 e. The molecule has 0 aliphatic carbocycles. The van der Waals surface area contributed by atoms with Crippen molar-refractivity contribution in [3.63, 3.8) is 0 Å². The Bertz CT molecular complexity index is 820. The number of carbonyl (C=O) groups is 1. The highest BCUT2D eigenvalue weighted by Crippen LogP contribution is 2.36. The number of carboxylic acids is 1. The highest BCUT2D eigenvalue weighted by atomic mass is 35.5. The fourth-order valence-electron chi connectivity index (χ4n) is 2.12. The molecule has 0 unspecified atom stereocenters. The molecule has 112 valence electrons. The van der Waals surface area contributed by atoms with Crippen LogP contribution in [0.4, 0.5) is 5.82 Å². The molecule has 0 fully saturated rings. The number of aromatic nitrogens is 2. The average molecular weight is 334 g/mol. The Kier molecular flexibility index (Phi) is 4.22. The predicted molar refractivity (Wildman–Crippen MR) is 88.6 cm³/mol. The molecule has 22 heavy (non-hydrogen) atoms. The van der Waals surface area contributed by atoms with Crippen LogP contribution in [0.25, 0.3) is 21.3 Å².